The number of rotatable bonds is 14. The Morgan fingerprint density at radius 1 is 0.952 bits per heavy atom. The molecule has 1 unspecified atom stereocenters. The van der Waals surface area contributed by atoms with Crippen LogP contribution in [-0.2, 0) is 4.79 Å². The molecule has 2 N–H and O–H groups in total. The van der Waals surface area contributed by atoms with Crippen LogP contribution >= 0.6 is 0 Å². The molecule has 0 aliphatic rings. The summed E-state index contributed by atoms with van der Waals surface area (Å²) in [6, 6.07) is 0. The van der Waals surface area contributed by atoms with Gasteiger partial charge in [0.15, 0.2) is 0 Å². The minimum absolute atomic E-state index is 0.147. The van der Waals surface area contributed by atoms with Crippen molar-refractivity contribution in [1.29, 1.82) is 0 Å². The van der Waals surface area contributed by atoms with Gasteiger partial charge >= 0.3 is 5.97 Å². The SMILES string of the molecule is CCCCCC(O)CC/C=C\C/C=C\CCCCC(=O)O. The summed E-state index contributed by atoms with van der Waals surface area (Å²) in [5.41, 5.74) is 0. The maximum Gasteiger partial charge on any atom is 0.303 e. The number of hydrogen-bond acceptors (Lipinski definition) is 2. The van der Waals surface area contributed by atoms with E-state index in [1.807, 2.05) is 0 Å². The van der Waals surface area contributed by atoms with Gasteiger partial charge in [-0.15, -0.1) is 0 Å². The third kappa shape index (κ3) is 16.9. The molecule has 0 aliphatic heterocycles. The summed E-state index contributed by atoms with van der Waals surface area (Å²) in [5, 5.41) is 18.2. The van der Waals surface area contributed by atoms with E-state index >= 15 is 0 Å². The minimum atomic E-state index is -0.709. The molecule has 0 radical (unpaired) electrons. The molecule has 1 atom stereocenters. The van der Waals surface area contributed by atoms with Gasteiger partial charge in [0.2, 0.25) is 0 Å². The molecule has 21 heavy (non-hydrogen) atoms. The average molecular weight is 296 g/mol. The maximum absolute atomic E-state index is 10.3. The van der Waals surface area contributed by atoms with Crippen molar-refractivity contribution in [3.05, 3.63) is 24.3 Å². The molecule has 0 saturated carbocycles. The topological polar surface area (TPSA) is 57.5 Å². The van der Waals surface area contributed by atoms with Crippen molar-refractivity contribution in [2.75, 3.05) is 0 Å². The van der Waals surface area contributed by atoms with E-state index in [0.717, 1.165) is 51.4 Å². The Kier molecular flexibility index (Phi) is 14.5. The van der Waals surface area contributed by atoms with Crippen LogP contribution < -0.4 is 0 Å². The van der Waals surface area contributed by atoms with Gasteiger partial charge in [0.25, 0.3) is 0 Å². The second kappa shape index (κ2) is 15.3. The summed E-state index contributed by atoms with van der Waals surface area (Å²) in [4.78, 5) is 10.3. The van der Waals surface area contributed by atoms with Crippen LogP contribution in [0.25, 0.3) is 0 Å². The molecule has 0 amide bonds. The number of carboxylic acid groups (broad SMARTS) is 1. The van der Waals surface area contributed by atoms with Crippen molar-refractivity contribution in [1.82, 2.24) is 0 Å². The van der Waals surface area contributed by atoms with Crippen molar-refractivity contribution >= 4 is 5.97 Å². The van der Waals surface area contributed by atoms with E-state index in [2.05, 4.69) is 31.2 Å². The van der Waals surface area contributed by atoms with Gasteiger partial charge in [0.05, 0.1) is 6.10 Å². The molecule has 3 nitrogen and oxygen atoms in total. The summed E-state index contributed by atoms with van der Waals surface area (Å²) in [5.74, 6) is -0.709. The first-order chi connectivity index (χ1) is 10.2. The predicted molar refractivity (Wildman–Crippen MR) is 88.4 cm³/mol. The van der Waals surface area contributed by atoms with Crippen LogP contribution in [-0.4, -0.2) is 22.3 Å². The number of carbonyl (C=O) groups is 1. The van der Waals surface area contributed by atoms with Crippen LogP contribution in [0.1, 0.15) is 77.6 Å². The van der Waals surface area contributed by atoms with Crippen molar-refractivity contribution in [3.8, 4) is 0 Å². The molecule has 0 aromatic carbocycles. The van der Waals surface area contributed by atoms with Gasteiger partial charge in [-0.3, -0.25) is 4.79 Å². The van der Waals surface area contributed by atoms with E-state index in [4.69, 9.17) is 5.11 Å². The quantitative estimate of drug-likeness (QED) is 0.355. The Balaban J connectivity index is 3.37. The van der Waals surface area contributed by atoms with Crippen LogP contribution in [0, 0.1) is 0 Å². The number of aliphatic carboxylic acids is 1. The smallest absolute Gasteiger partial charge is 0.303 e. The Bertz CT molecular complexity index is 295. The fourth-order valence-corrected chi connectivity index (χ4v) is 2.11. The molecule has 0 heterocycles. The summed E-state index contributed by atoms with van der Waals surface area (Å²) < 4.78 is 0. The van der Waals surface area contributed by atoms with Crippen molar-refractivity contribution in [3.63, 3.8) is 0 Å². The summed E-state index contributed by atoms with van der Waals surface area (Å²) >= 11 is 0. The van der Waals surface area contributed by atoms with Gasteiger partial charge in [0, 0.05) is 6.42 Å². The highest BCUT2D eigenvalue weighted by molar-refractivity contribution is 5.66. The molecule has 0 saturated heterocycles. The number of allylic oxidation sites excluding steroid dienone is 4. The third-order valence-electron chi connectivity index (χ3n) is 3.42. The highest BCUT2D eigenvalue weighted by Crippen LogP contribution is 2.08. The van der Waals surface area contributed by atoms with E-state index in [0.29, 0.717) is 0 Å². The molecule has 0 aromatic heterocycles. The third-order valence-corrected chi connectivity index (χ3v) is 3.42. The van der Waals surface area contributed by atoms with Crippen LogP contribution in [0.5, 0.6) is 0 Å². The Morgan fingerprint density at radius 2 is 1.67 bits per heavy atom. The fourth-order valence-electron chi connectivity index (χ4n) is 2.11. The largest absolute Gasteiger partial charge is 0.481 e. The second-order valence-electron chi connectivity index (χ2n) is 5.54. The summed E-state index contributed by atoms with van der Waals surface area (Å²) in [7, 11) is 0. The van der Waals surface area contributed by atoms with Crippen LogP contribution in [0.4, 0.5) is 0 Å². The predicted octanol–water partition coefficient (Wildman–Crippen LogP) is 4.86. The van der Waals surface area contributed by atoms with E-state index in [-0.39, 0.29) is 12.5 Å². The van der Waals surface area contributed by atoms with E-state index in [1.165, 1.54) is 12.8 Å². The average Bonchev–Trinajstić information content (AvgIpc) is 2.44. The zero-order valence-electron chi connectivity index (χ0n) is 13.5. The molecule has 0 spiro atoms. The van der Waals surface area contributed by atoms with Crippen molar-refractivity contribution in [2.24, 2.45) is 0 Å². The lowest BCUT2D eigenvalue weighted by Gasteiger charge is -2.07. The van der Waals surface area contributed by atoms with Gasteiger partial charge < -0.3 is 10.2 Å². The first-order valence-corrected chi connectivity index (χ1v) is 8.36. The van der Waals surface area contributed by atoms with Crippen LogP contribution in [0.2, 0.25) is 0 Å². The lowest BCUT2D eigenvalue weighted by atomic mass is 10.1. The van der Waals surface area contributed by atoms with Crippen molar-refractivity contribution < 1.29 is 15.0 Å². The highest BCUT2D eigenvalue weighted by Gasteiger charge is 2.01. The number of hydrogen-bond donors (Lipinski definition) is 2. The summed E-state index contributed by atoms with van der Waals surface area (Å²) in [6.07, 6.45) is 18.5. The van der Waals surface area contributed by atoms with E-state index in [9.17, 15) is 9.90 Å². The zero-order valence-corrected chi connectivity index (χ0v) is 13.5. The van der Waals surface area contributed by atoms with E-state index < -0.39 is 5.97 Å². The number of aliphatic hydroxyl groups is 1. The number of carboxylic acids is 1. The number of unbranched alkanes of at least 4 members (excludes halogenated alkanes) is 4. The fraction of sp³-hybridized carbons (Fsp3) is 0.722. The standard InChI is InChI=1S/C18H32O3/c1-2-3-11-14-17(19)15-12-9-7-5-4-6-8-10-13-16-18(20)21/h4,6-7,9,17,19H,2-3,5,8,10-16H2,1H3,(H,20,21)/b6-4-,9-7-. The molecule has 0 aromatic rings. The Hall–Kier alpha value is -1.09. The molecule has 0 rings (SSSR count). The first-order valence-electron chi connectivity index (χ1n) is 8.36. The van der Waals surface area contributed by atoms with Gasteiger partial charge in [-0.1, -0.05) is 50.5 Å². The molecule has 0 aliphatic carbocycles. The molecule has 0 fully saturated rings. The second-order valence-corrected chi connectivity index (χ2v) is 5.54. The van der Waals surface area contributed by atoms with Gasteiger partial charge in [-0.25, -0.2) is 0 Å². The maximum atomic E-state index is 10.3. The van der Waals surface area contributed by atoms with Crippen molar-refractivity contribution in [2.45, 2.75) is 83.7 Å². The van der Waals surface area contributed by atoms with Gasteiger partial charge in [0.1, 0.15) is 0 Å². The lowest BCUT2D eigenvalue weighted by Crippen LogP contribution is -2.05. The summed E-state index contributed by atoms with van der Waals surface area (Å²) in [6.45, 7) is 2.18. The Labute approximate surface area is 129 Å². The van der Waals surface area contributed by atoms with Crippen LogP contribution in [0.15, 0.2) is 24.3 Å². The molecular formula is C18H32O3. The Morgan fingerprint density at radius 3 is 2.33 bits per heavy atom. The minimum Gasteiger partial charge on any atom is -0.481 e. The zero-order chi connectivity index (χ0) is 15.8. The highest BCUT2D eigenvalue weighted by atomic mass is 16.4. The van der Waals surface area contributed by atoms with E-state index in [1.54, 1.807) is 0 Å². The van der Waals surface area contributed by atoms with Gasteiger partial charge in [-0.2, -0.15) is 0 Å². The molecule has 122 valence electrons. The molecule has 3 heteroatoms. The lowest BCUT2D eigenvalue weighted by molar-refractivity contribution is -0.137. The first kappa shape index (κ1) is 19.9. The molecule has 0 bridgehead atoms. The van der Waals surface area contributed by atoms with Crippen LogP contribution in [0.3, 0.4) is 0 Å². The number of aliphatic hydroxyl groups excluding tert-OH is 1. The monoisotopic (exact) mass is 296 g/mol. The normalized spacial score (nSPS) is 13.2. The molecular weight excluding hydrogens is 264 g/mol. The van der Waals surface area contributed by atoms with Gasteiger partial charge in [-0.05, 0) is 44.9 Å².